The fourth-order valence-electron chi connectivity index (χ4n) is 5.53. The zero-order chi connectivity index (χ0) is 31.6. The Morgan fingerprint density at radius 3 is 1.93 bits per heavy atom. The molecule has 3 heterocycles. The van der Waals surface area contributed by atoms with Crippen molar-refractivity contribution < 1.29 is 33.3 Å². The SMILES string of the molecule is COc1ccc(C(=O)CN2C(=O)COc3ccc(-c4cc(-c5ccc(OC)cc5)cc(-c5ccc6c(c5)OCCO6)n4)cc32)cc1. The first-order chi connectivity index (χ1) is 22.5. The highest BCUT2D eigenvalue weighted by molar-refractivity contribution is 6.07. The number of benzene rings is 4. The molecule has 5 aromatic rings. The van der Waals surface area contributed by atoms with Crippen LogP contribution in [0.25, 0.3) is 33.6 Å². The van der Waals surface area contributed by atoms with Gasteiger partial charge in [0.1, 0.15) is 30.5 Å². The van der Waals surface area contributed by atoms with E-state index in [1.807, 2.05) is 72.8 Å². The van der Waals surface area contributed by atoms with E-state index in [-0.39, 0.29) is 24.8 Å². The molecule has 0 radical (unpaired) electrons. The Morgan fingerprint density at radius 1 is 0.674 bits per heavy atom. The molecule has 2 aliphatic heterocycles. The maximum atomic E-state index is 13.3. The molecule has 7 rings (SSSR count). The standard InChI is InChI=1S/C37H30N2O7/c1-42-28-9-3-23(4-10-28)27-17-30(38-31(18-27)26-8-14-35-36(20-26)45-16-15-44-35)25-7-13-34-32(19-25)39(37(41)22-46-34)21-33(40)24-5-11-29(43-2)12-6-24/h3-14,17-20H,15-16,21-22H2,1-2H3. The zero-order valence-electron chi connectivity index (χ0n) is 25.3. The molecule has 1 amide bonds. The molecule has 4 aromatic carbocycles. The lowest BCUT2D eigenvalue weighted by Crippen LogP contribution is -2.42. The minimum absolute atomic E-state index is 0.132. The van der Waals surface area contributed by atoms with Crippen molar-refractivity contribution in [3.63, 3.8) is 0 Å². The molecule has 1 aromatic heterocycles. The van der Waals surface area contributed by atoms with Crippen LogP contribution in [0.3, 0.4) is 0 Å². The number of rotatable bonds is 8. The van der Waals surface area contributed by atoms with Gasteiger partial charge in [0.15, 0.2) is 23.9 Å². The number of anilines is 1. The van der Waals surface area contributed by atoms with Crippen LogP contribution in [-0.2, 0) is 4.79 Å². The summed E-state index contributed by atoms with van der Waals surface area (Å²) in [6.07, 6.45) is 0. The molecule has 230 valence electrons. The van der Waals surface area contributed by atoms with Crippen LogP contribution < -0.4 is 28.6 Å². The summed E-state index contributed by atoms with van der Waals surface area (Å²) in [5, 5.41) is 0. The Bertz CT molecular complexity index is 1940. The normalized spacial score (nSPS) is 13.4. The van der Waals surface area contributed by atoms with E-state index in [2.05, 4.69) is 0 Å². The van der Waals surface area contributed by atoms with Crippen LogP contribution in [0.5, 0.6) is 28.7 Å². The van der Waals surface area contributed by atoms with Crippen LogP contribution in [0.4, 0.5) is 5.69 Å². The number of pyridine rings is 1. The van der Waals surface area contributed by atoms with Crippen molar-refractivity contribution >= 4 is 17.4 Å². The molecule has 9 nitrogen and oxygen atoms in total. The summed E-state index contributed by atoms with van der Waals surface area (Å²) in [6, 6.07) is 30.0. The maximum absolute atomic E-state index is 13.3. The second-order valence-corrected chi connectivity index (χ2v) is 10.8. The number of fused-ring (bicyclic) bond motifs is 2. The van der Waals surface area contributed by atoms with Gasteiger partial charge in [0.2, 0.25) is 0 Å². The van der Waals surface area contributed by atoms with E-state index < -0.39 is 0 Å². The number of Topliss-reactive ketones (excluding diaryl/α,β-unsaturated/α-hetero) is 1. The molecule has 46 heavy (non-hydrogen) atoms. The van der Waals surface area contributed by atoms with E-state index in [0.717, 1.165) is 33.7 Å². The van der Waals surface area contributed by atoms with Crippen LogP contribution in [0, 0.1) is 0 Å². The number of ether oxygens (including phenoxy) is 5. The molecule has 0 fully saturated rings. The van der Waals surface area contributed by atoms with E-state index in [1.165, 1.54) is 4.90 Å². The Kier molecular flexibility index (Phi) is 7.72. The van der Waals surface area contributed by atoms with Crippen molar-refractivity contribution in [2.45, 2.75) is 0 Å². The van der Waals surface area contributed by atoms with Gasteiger partial charge < -0.3 is 23.7 Å². The quantitative estimate of drug-likeness (QED) is 0.183. The van der Waals surface area contributed by atoms with Gasteiger partial charge in [-0.05, 0) is 96.1 Å². The molecule has 2 aliphatic rings. The molecular weight excluding hydrogens is 584 g/mol. The summed E-state index contributed by atoms with van der Waals surface area (Å²) < 4.78 is 27.9. The molecule has 0 bridgehead atoms. The Hall–Kier alpha value is -5.83. The van der Waals surface area contributed by atoms with Gasteiger partial charge >= 0.3 is 0 Å². The van der Waals surface area contributed by atoms with Gasteiger partial charge in [-0.1, -0.05) is 12.1 Å². The fourth-order valence-corrected chi connectivity index (χ4v) is 5.53. The molecular formula is C37H30N2O7. The lowest BCUT2D eigenvalue weighted by Gasteiger charge is -2.29. The summed E-state index contributed by atoms with van der Waals surface area (Å²) in [4.78, 5) is 32.9. The van der Waals surface area contributed by atoms with E-state index in [9.17, 15) is 9.59 Å². The predicted octanol–water partition coefficient (Wildman–Crippen LogP) is 6.48. The maximum Gasteiger partial charge on any atom is 0.265 e. The first kappa shape index (κ1) is 28.9. The van der Waals surface area contributed by atoms with Crippen molar-refractivity contribution in [2.24, 2.45) is 0 Å². The second-order valence-electron chi connectivity index (χ2n) is 10.8. The Labute approximate surface area is 265 Å². The third-order valence-corrected chi connectivity index (χ3v) is 8.00. The van der Waals surface area contributed by atoms with Crippen molar-refractivity contribution in [3.05, 3.63) is 103 Å². The fraction of sp³-hybridized carbons (Fsp3) is 0.162. The van der Waals surface area contributed by atoms with Gasteiger partial charge in [-0.25, -0.2) is 4.98 Å². The summed E-state index contributed by atoms with van der Waals surface area (Å²) in [6.45, 7) is 0.706. The molecule has 0 unspecified atom stereocenters. The summed E-state index contributed by atoms with van der Waals surface area (Å²) in [7, 11) is 3.20. The Balaban J connectivity index is 1.29. The number of aromatic nitrogens is 1. The van der Waals surface area contributed by atoms with Gasteiger partial charge in [-0.15, -0.1) is 0 Å². The molecule has 0 atom stereocenters. The molecule has 0 aliphatic carbocycles. The number of nitrogens with zero attached hydrogens (tertiary/aromatic N) is 2. The first-order valence-electron chi connectivity index (χ1n) is 14.8. The van der Waals surface area contributed by atoms with E-state index in [4.69, 9.17) is 28.7 Å². The van der Waals surface area contributed by atoms with Crippen LogP contribution in [0.2, 0.25) is 0 Å². The number of ketones is 1. The van der Waals surface area contributed by atoms with Crippen LogP contribution >= 0.6 is 0 Å². The van der Waals surface area contributed by atoms with Gasteiger partial charge in [-0.2, -0.15) is 0 Å². The highest BCUT2D eigenvalue weighted by Gasteiger charge is 2.28. The summed E-state index contributed by atoms with van der Waals surface area (Å²) in [5.41, 5.74) is 5.94. The highest BCUT2D eigenvalue weighted by Crippen LogP contribution is 2.39. The van der Waals surface area contributed by atoms with Gasteiger partial charge in [0.25, 0.3) is 5.91 Å². The number of hydrogen-bond acceptors (Lipinski definition) is 8. The first-order valence-corrected chi connectivity index (χ1v) is 14.8. The third-order valence-electron chi connectivity index (χ3n) is 8.00. The average Bonchev–Trinajstić information content (AvgIpc) is 3.12. The second kappa shape index (κ2) is 12.3. The van der Waals surface area contributed by atoms with E-state index in [0.29, 0.717) is 53.2 Å². The lowest BCUT2D eigenvalue weighted by molar-refractivity contribution is -0.121. The average molecular weight is 615 g/mol. The van der Waals surface area contributed by atoms with Crippen LogP contribution in [-0.4, -0.2) is 57.3 Å². The largest absolute Gasteiger partial charge is 0.497 e. The van der Waals surface area contributed by atoms with Gasteiger partial charge in [0.05, 0.1) is 37.8 Å². The van der Waals surface area contributed by atoms with Crippen molar-refractivity contribution in [1.82, 2.24) is 4.98 Å². The van der Waals surface area contributed by atoms with Crippen molar-refractivity contribution in [3.8, 4) is 62.4 Å². The van der Waals surface area contributed by atoms with Crippen molar-refractivity contribution in [1.29, 1.82) is 0 Å². The van der Waals surface area contributed by atoms with E-state index >= 15 is 0 Å². The number of methoxy groups -OCH3 is 2. The minimum atomic E-state index is -0.302. The predicted molar refractivity (Wildman–Crippen MR) is 173 cm³/mol. The molecule has 0 N–H and O–H groups in total. The monoisotopic (exact) mass is 614 g/mol. The number of carbonyl (C=O) groups is 2. The molecule has 0 saturated carbocycles. The minimum Gasteiger partial charge on any atom is -0.497 e. The lowest BCUT2D eigenvalue weighted by atomic mass is 9.99. The summed E-state index contributed by atoms with van der Waals surface area (Å²) >= 11 is 0. The van der Waals surface area contributed by atoms with Crippen LogP contribution in [0.15, 0.2) is 97.1 Å². The van der Waals surface area contributed by atoms with Crippen molar-refractivity contribution in [2.75, 3.05) is 45.5 Å². The number of amides is 1. The number of carbonyl (C=O) groups excluding carboxylic acids is 2. The smallest absolute Gasteiger partial charge is 0.265 e. The topological polar surface area (TPSA) is 96.4 Å². The number of hydrogen-bond donors (Lipinski definition) is 0. The highest BCUT2D eigenvalue weighted by atomic mass is 16.6. The summed E-state index contributed by atoms with van der Waals surface area (Å²) in [5.74, 6) is 2.79. The van der Waals surface area contributed by atoms with Gasteiger partial charge in [-0.3, -0.25) is 14.5 Å². The molecule has 9 heteroatoms. The molecule has 0 saturated heterocycles. The Morgan fingerprint density at radius 2 is 1.26 bits per heavy atom. The molecule has 0 spiro atoms. The van der Waals surface area contributed by atoms with Gasteiger partial charge in [0, 0.05) is 16.7 Å². The van der Waals surface area contributed by atoms with Crippen LogP contribution in [0.1, 0.15) is 10.4 Å². The van der Waals surface area contributed by atoms with E-state index in [1.54, 1.807) is 38.5 Å². The zero-order valence-corrected chi connectivity index (χ0v) is 25.3. The third kappa shape index (κ3) is 5.70.